The second-order valence-corrected chi connectivity index (χ2v) is 5.24. The molecule has 1 saturated heterocycles. The quantitative estimate of drug-likeness (QED) is 0.886. The van der Waals surface area contributed by atoms with Gasteiger partial charge in [0, 0.05) is 11.6 Å². The summed E-state index contributed by atoms with van der Waals surface area (Å²) in [5.74, 6) is -0.968. The molecule has 2 atom stereocenters. The van der Waals surface area contributed by atoms with Crippen LogP contribution in [0.3, 0.4) is 0 Å². The highest BCUT2D eigenvalue weighted by Gasteiger charge is 2.37. The zero-order valence-corrected chi connectivity index (χ0v) is 11.1. The maximum absolute atomic E-state index is 11.2. The number of hydrogen-bond acceptors (Lipinski definition) is 3. The van der Waals surface area contributed by atoms with Crippen molar-refractivity contribution in [2.75, 3.05) is 11.9 Å². The van der Waals surface area contributed by atoms with Crippen LogP contribution in [0.1, 0.15) is 30.6 Å². The van der Waals surface area contributed by atoms with Gasteiger partial charge in [-0.1, -0.05) is 11.6 Å². The molecule has 1 aromatic carbocycles. The zero-order valence-electron chi connectivity index (χ0n) is 10.4. The van der Waals surface area contributed by atoms with Gasteiger partial charge in [0.2, 0.25) is 0 Å². The lowest BCUT2D eigenvalue weighted by molar-refractivity contribution is 0.0697. The Morgan fingerprint density at radius 3 is 2.89 bits per heavy atom. The van der Waals surface area contributed by atoms with Gasteiger partial charge >= 0.3 is 5.97 Å². The first-order valence-electron chi connectivity index (χ1n) is 5.85. The van der Waals surface area contributed by atoms with Crippen molar-refractivity contribution in [3.63, 3.8) is 0 Å². The summed E-state index contributed by atoms with van der Waals surface area (Å²) in [5, 5.41) is 12.9. The molecule has 0 bridgehead atoms. The minimum Gasteiger partial charge on any atom is -0.478 e. The molecule has 0 saturated carbocycles. The van der Waals surface area contributed by atoms with Gasteiger partial charge in [0.1, 0.15) is 0 Å². The third-order valence-corrected chi connectivity index (χ3v) is 3.75. The van der Waals surface area contributed by atoms with E-state index >= 15 is 0 Å². The number of carboxylic acids is 1. The van der Waals surface area contributed by atoms with E-state index in [-0.39, 0.29) is 17.2 Å². The van der Waals surface area contributed by atoms with E-state index in [1.165, 1.54) is 6.07 Å². The number of carboxylic acid groups (broad SMARTS) is 1. The molecule has 18 heavy (non-hydrogen) atoms. The molecule has 0 spiro atoms. The molecular formula is C13H16ClNO3. The van der Waals surface area contributed by atoms with E-state index in [2.05, 4.69) is 5.32 Å². The third-order valence-electron chi connectivity index (χ3n) is 3.52. The standard InChI is InChI=1S/C13H16ClNO3/c1-8-13(2,5-6-18-8)15-11-7-9(14)3-4-10(11)12(16)17/h3-4,7-8,15H,5-6H2,1-2H3,(H,16,17). The Bertz CT molecular complexity index is 477. The van der Waals surface area contributed by atoms with E-state index in [0.717, 1.165) is 6.42 Å². The minimum atomic E-state index is -0.968. The number of carbonyl (C=O) groups is 1. The van der Waals surface area contributed by atoms with Gasteiger partial charge in [-0.2, -0.15) is 0 Å². The van der Waals surface area contributed by atoms with Crippen LogP contribution in [0.4, 0.5) is 5.69 Å². The average Bonchev–Trinajstić information content (AvgIpc) is 2.58. The van der Waals surface area contributed by atoms with Crippen molar-refractivity contribution in [2.45, 2.75) is 31.9 Å². The smallest absolute Gasteiger partial charge is 0.337 e. The molecule has 2 rings (SSSR count). The predicted molar refractivity (Wildman–Crippen MR) is 70.5 cm³/mol. The first-order chi connectivity index (χ1) is 8.42. The largest absolute Gasteiger partial charge is 0.478 e. The fourth-order valence-electron chi connectivity index (χ4n) is 2.11. The molecule has 5 heteroatoms. The molecule has 1 heterocycles. The summed E-state index contributed by atoms with van der Waals surface area (Å²) < 4.78 is 5.53. The second-order valence-electron chi connectivity index (χ2n) is 4.80. The summed E-state index contributed by atoms with van der Waals surface area (Å²) in [6, 6.07) is 4.73. The number of ether oxygens (including phenoxy) is 1. The Morgan fingerprint density at radius 1 is 1.61 bits per heavy atom. The van der Waals surface area contributed by atoms with Crippen LogP contribution in [0, 0.1) is 0 Å². The van der Waals surface area contributed by atoms with Gasteiger partial charge in [0.05, 0.1) is 22.9 Å². The number of benzene rings is 1. The Kier molecular flexibility index (Phi) is 3.50. The first kappa shape index (κ1) is 13.2. The molecule has 0 aliphatic carbocycles. The molecule has 1 aromatic rings. The van der Waals surface area contributed by atoms with Gasteiger partial charge in [-0.05, 0) is 38.5 Å². The van der Waals surface area contributed by atoms with Gasteiger partial charge in [-0.15, -0.1) is 0 Å². The van der Waals surface area contributed by atoms with E-state index in [1.54, 1.807) is 12.1 Å². The van der Waals surface area contributed by atoms with Crippen LogP contribution in [0.15, 0.2) is 18.2 Å². The molecule has 2 unspecified atom stereocenters. The van der Waals surface area contributed by atoms with Gasteiger partial charge in [0.25, 0.3) is 0 Å². The van der Waals surface area contributed by atoms with Gasteiger partial charge in [-0.3, -0.25) is 0 Å². The average molecular weight is 270 g/mol. The maximum Gasteiger partial charge on any atom is 0.337 e. The van der Waals surface area contributed by atoms with Crippen molar-refractivity contribution in [3.05, 3.63) is 28.8 Å². The van der Waals surface area contributed by atoms with Crippen molar-refractivity contribution in [2.24, 2.45) is 0 Å². The van der Waals surface area contributed by atoms with Gasteiger partial charge < -0.3 is 15.2 Å². The number of anilines is 1. The summed E-state index contributed by atoms with van der Waals surface area (Å²) >= 11 is 5.92. The number of halogens is 1. The Morgan fingerprint density at radius 2 is 2.33 bits per heavy atom. The van der Waals surface area contributed by atoms with Crippen molar-refractivity contribution in [3.8, 4) is 0 Å². The van der Waals surface area contributed by atoms with Crippen LogP contribution in [0.5, 0.6) is 0 Å². The summed E-state index contributed by atoms with van der Waals surface area (Å²) in [6.45, 7) is 4.68. The molecule has 1 fully saturated rings. The maximum atomic E-state index is 11.2. The molecule has 4 nitrogen and oxygen atoms in total. The fourth-order valence-corrected chi connectivity index (χ4v) is 2.29. The summed E-state index contributed by atoms with van der Waals surface area (Å²) in [7, 11) is 0. The number of rotatable bonds is 3. The number of hydrogen-bond donors (Lipinski definition) is 2. The Balaban J connectivity index is 2.33. The molecule has 0 radical (unpaired) electrons. The van der Waals surface area contributed by atoms with E-state index in [1.807, 2.05) is 13.8 Å². The van der Waals surface area contributed by atoms with Crippen molar-refractivity contribution in [1.29, 1.82) is 0 Å². The SMILES string of the molecule is CC1OCCC1(C)Nc1cc(Cl)ccc1C(=O)O. The summed E-state index contributed by atoms with van der Waals surface area (Å²) in [5.41, 5.74) is 0.490. The Labute approximate surface area is 111 Å². The molecule has 98 valence electrons. The number of nitrogens with one attached hydrogen (secondary N) is 1. The lowest BCUT2D eigenvalue weighted by Gasteiger charge is -2.30. The topological polar surface area (TPSA) is 58.6 Å². The van der Waals surface area contributed by atoms with E-state index in [4.69, 9.17) is 21.4 Å². The minimum absolute atomic E-state index is 0.0260. The normalized spacial score (nSPS) is 27.2. The third kappa shape index (κ3) is 2.44. The van der Waals surface area contributed by atoms with Gasteiger partial charge in [-0.25, -0.2) is 4.79 Å². The highest BCUT2D eigenvalue weighted by Crippen LogP contribution is 2.32. The summed E-state index contributed by atoms with van der Waals surface area (Å²) in [6.07, 6.45) is 0.859. The molecular weight excluding hydrogens is 254 g/mol. The first-order valence-corrected chi connectivity index (χ1v) is 6.23. The van der Waals surface area contributed by atoms with Gasteiger partial charge in [0.15, 0.2) is 0 Å². The van der Waals surface area contributed by atoms with Crippen LogP contribution in [-0.4, -0.2) is 29.3 Å². The number of aromatic carboxylic acids is 1. The van der Waals surface area contributed by atoms with Crippen molar-refractivity contribution in [1.82, 2.24) is 0 Å². The predicted octanol–water partition coefficient (Wildman–Crippen LogP) is 3.02. The lowest BCUT2D eigenvalue weighted by atomic mass is 9.93. The second kappa shape index (κ2) is 4.78. The van der Waals surface area contributed by atoms with Crippen LogP contribution < -0.4 is 5.32 Å². The van der Waals surface area contributed by atoms with Crippen molar-refractivity contribution >= 4 is 23.3 Å². The molecule has 1 aliphatic rings. The van der Waals surface area contributed by atoms with E-state index in [9.17, 15) is 4.79 Å². The molecule has 0 aromatic heterocycles. The monoisotopic (exact) mass is 269 g/mol. The summed E-state index contributed by atoms with van der Waals surface area (Å²) in [4.78, 5) is 11.2. The zero-order chi connectivity index (χ0) is 13.3. The molecule has 1 aliphatic heterocycles. The van der Waals surface area contributed by atoms with Crippen LogP contribution in [0.2, 0.25) is 5.02 Å². The van der Waals surface area contributed by atoms with Crippen LogP contribution in [-0.2, 0) is 4.74 Å². The molecule has 2 N–H and O–H groups in total. The van der Waals surface area contributed by atoms with Crippen LogP contribution in [0.25, 0.3) is 0 Å². The highest BCUT2D eigenvalue weighted by atomic mass is 35.5. The van der Waals surface area contributed by atoms with Crippen molar-refractivity contribution < 1.29 is 14.6 Å². The van der Waals surface area contributed by atoms with E-state index in [0.29, 0.717) is 17.3 Å². The van der Waals surface area contributed by atoms with Crippen LogP contribution >= 0.6 is 11.6 Å². The fraction of sp³-hybridized carbons (Fsp3) is 0.462. The lowest BCUT2D eigenvalue weighted by Crippen LogP contribution is -2.41. The highest BCUT2D eigenvalue weighted by molar-refractivity contribution is 6.31. The Hall–Kier alpha value is -1.26. The van der Waals surface area contributed by atoms with E-state index < -0.39 is 5.97 Å². The molecule has 0 amide bonds.